The van der Waals surface area contributed by atoms with Gasteiger partial charge in [0.1, 0.15) is 6.54 Å². The third-order valence-electron chi connectivity index (χ3n) is 4.91. The summed E-state index contributed by atoms with van der Waals surface area (Å²) in [6, 6.07) is 9.80. The van der Waals surface area contributed by atoms with Crippen LogP contribution in [0.1, 0.15) is 35.3 Å². The fourth-order valence-corrected chi connectivity index (χ4v) is 5.07. The molecule has 31 heavy (non-hydrogen) atoms. The third kappa shape index (κ3) is 4.94. The van der Waals surface area contributed by atoms with Crippen molar-refractivity contribution in [3.8, 4) is 0 Å². The van der Waals surface area contributed by atoms with Crippen molar-refractivity contribution < 1.29 is 22.7 Å². The van der Waals surface area contributed by atoms with Gasteiger partial charge in [0.25, 0.3) is 5.91 Å². The molecule has 0 aliphatic carbocycles. The highest BCUT2D eigenvalue weighted by Gasteiger charge is 2.16. The Morgan fingerprint density at radius 3 is 2.48 bits per heavy atom. The average molecular weight is 461 g/mol. The molecule has 0 fully saturated rings. The first-order valence-electron chi connectivity index (χ1n) is 9.84. The van der Waals surface area contributed by atoms with E-state index in [2.05, 4.69) is 4.99 Å². The Labute approximate surface area is 184 Å². The van der Waals surface area contributed by atoms with Crippen molar-refractivity contribution in [2.75, 3.05) is 12.4 Å². The van der Waals surface area contributed by atoms with Gasteiger partial charge in [-0.2, -0.15) is 4.99 Å². The zero-order chi connectivity index (χ0) is 22.8. The van der Waals surface area contributed by atoms with E-state index < -0.39 is 21.7 Å². The largest absolute Gasteiger partial charge is 0.465 e. The Balaban J connectivity index is 2.14. The fourth-order valence-electron chi connectivity index (χ4n) is 3.04. The number of benzene rings is 2. The van der Waals surface area contributed by atoms with E-state index in [0.29, 0.717) is 4.80 Å². The summed E-state index contributed by atoms with van der Waals surface area (Å²) in [6.45, 7) is 7.42. The summed E-state index contributed by atoms with van der Waals surface area (Å²) < 4.78 is 31.9. The number of aromatic nitrogens is 1. The fraction of sp³-hybridized carbons (Fsp3) is 0.318. The standard InChI is InChI=1S/C22H24N2O5S2/c1-5-29-20(25)13-24-18-10-14(3)15(4)11-19(18)30-22(24)23-21(26)16-8-7-9-17(12-16)31(27,28)6-2/h7-12H,5-6,13H2,1-4H3. The Bertz CT molecular complexity index is 1330. The van der Waals surface area contributed by atoms with Crippen LogP contribution < -0.4 is 4.80 Å². The monoisotopic (exact) mass is 460 g/mol. The molecule has 164 valence electrons. The summed E-state index contributed by atoms with van der Waals surface area (Å²) in [4.78, 5) is 29.7. The van der Waals surface area contributed by atoms with Gasteiger partial charge in [-0.3, -0.25) is 9.59 Å². The topological polar surface area (TPSA) is 94.8 Å². The van der Waals surface area contributed by atoms with Crippen molar-refractivity contribution in [3.63, 3.8) is 0 Å². The highest BCUT2D eigenvalue weighted by atomic mass is 32.2. The molecular weight excluding hydrogens is 436 g/mol. The van der Waals surface area contributed by atoms with Crippen molar-refractivity contribution in [2.45, 2.75) is 39.1 Å². The zero-order valence-corrected chi connectivity index (χ0v) is 19.5. The van der Waals surface area contributed by atoms with E-state index in [0.717, 1.165) is 21.3 Å². The molecule has 9 heteroatoms. The molecule has 0 unspecified atom stereocenters. The summed E-state index contributed by atoms with van der Waals surface area (Å²) in [7, 11) is -3.45. The quantitative estimate of drug-likeness (QED) is 0.526. The van der Waals surface area contributed by atoms with E-state index in [1.165, 1.54) is 35.6 Å². The first kappa shape index (κ1) is 22.9. The van der Waals surface area contributed by atoms with Gasteiger partial charge in [0.2, 0.25) is 0 Å². The molecule has 1 amide bonds. The lowest BCUT2D eigenvalue weighted by Crippen LogP contribution is -2.23. The number of esters is 1. The molecule has 0 aliphatic rings. The second-order valence-corrected chi connectivity index (χ2v) is 10.3. The zero-order valence-electron chi connectivity index (χ0n) is 17.8. The number of thiazole rings is 1. The lowest BCUT2D eigenvalue weighted by Gasteiger charge is -2.07. The molecule has 2 aromatic carbocycles. The molecule has 0 bridgehead atoms. The van der Waals surface area contributed by atoms with Crippen LogP contribution in [0.2, 0.25) is 0 Å². The van der Waals surface area contributed by atoms with Gasteiger partial charge < -0.3 is 9.30 Å². The number of ether oxygens (including phenoxy) is 1. The number of fused-ring (bicyclic) bond motifs is 1. The van der Waals surface area contributed by atoms with E-state index in [1.54, 1.807) is 18.4 Å². The van der Waals surface area contributed by atoms with Crippen molar-refractivity contribution in [1.82, 2.24) is 4.57 Å². The minimum Gasteiger partial charge on any atom is -0.465 e. The highest BCUT2D eigenvalue weighted by Crippen LogP contribution is 2.22. The Morgan fingerprint density at radius 2 is 1.81 bits per heavy atom. The molecular formula is C22H24N2O5S2. The first-order chi connectivity index (χ1) is 14.7. The Hall–Kier alpha value is -2.78. The molecule has 3 aromatic rings. The van der Waals surface area contributed by atoms with Crippen LogP contribution in [-0.2, 0) is 25.9 Å². The lowest BCUT2D eigenvalue weighted by molar-refractivity contribution is -0.143. The van der Waals surface area contributed by atoms with Crippen LogP contribution >= 0.6 is 11.3 Å². The summed E-state index contributed by atoms with van der Waals surface area (Å²) in [5.41, 5.74) is 3.10. The number of carbonyl (C=O) groups is 2. The summed E-state index contributed by atoms with van der Waals surface area (Å²) >= 11 is 1.29. The van der Waals surface area contributed by atoms with Crippen LogP contribution in [0.15, 0.2) is 46.3 Å². The maximum Gasteiger partial charge on any atom is 0.326 e. The summed E-state index contributed by atoms with van der Waals surface area (Å²) in [5.74, 6) is -1.06. The maximum atomic E-state index is 12.9. The number of aryl methyl sites for hydroxylation is 2. The van der Waals surface area contributed by atoms with Crippen LogP contribution in [0.3, 0.4) is 0 Å². The van der Waals surface area contributed by atoms with E-state index >= 15 is 0 Å². The van der Waals surface area contributed by atoms with Crippen LogP contribution in [0.4, 0.5) is 0 Å². The SMILES string of the molecule is CCOC(=O)Cn1c(=NC(=O)c2cccc(S(=O)(=O)CC)c2)sc2cc(C)c(C)cc21. The molecule has 1 heterocycles. The Morgan fingerprint density at radius 1 is 1.10 bits per heavy atom. The number of hydrogen-bond acceptors (Lipinski definition) is 6. The minimum absolute atomic E-state index is 0.0592. The number of carbonyl (C=O) groups excluding carboxylic acids is 2. The van der Waals surface area contributed by atoms with Gasteiger partial charge >= 0.3 is 5.97 Å². The molecule has 0 saturated carbocycles. The van der Waals surface area contributed by atoms with E-state index in [1.807, 2.05) is 26.0 Å². The predicted octanol–water partition coefficient (Wildman–Crippen LogP) is 3.42. The smallest absolute Gasteiger partial charge is 0.326 e. The molecule has 7 nitrogen and oxygen atoms in total. The van der Waals surface area contributed by atoms with Crippen LogP contribution in [0.25, 0.3) is 10.2 Å². The number of rotatable bonds is 6. The van der Waals surface area contributed by atoms with Crippen molar-refractivity contribution >= 4 is 43.3 Å². The van der Waals surface area contributed by atoms with Crippen molar-refractivity contribution in [2.24, 2.45) is 4.99 Å². The average Bonchev–Trinajstić information content (AvgIpc) is 3.04. The summed E-state index contributed by atoms with van der Waals surface area (Å²) in [6.07, 6.45) is 0. The summed E-state index contributed by atoms with van der Waals surface area (Å²) in [5, 5.41) is 0. The second kappa shape index (κ2) is 9.15. The maximum absolute atomic E-state index is 12.9. The Kier molecular flexibility index (Phi) is 6.76. The van der Waals surface area contributed by atoms with Gasteiger partial charge in [0.15, 0.2) is 14.6 Å². The molecule has 1 aromatic heterocycles. The van der Waals surface area contributed by atoms with Crippen molar-refractivity contribution in [3.05, 3.63) is 57.9 Å². The molecule has 0 atom stereocenters. The van der Waals surface area contributed by atoms with E-state index in [-0.39, 0.29) is 29.4 Å². The van der Waals surface area contributed by atoms with Crippen LogP contribution in [-0.4, -0.2) is 37.2 Å². The van der Waals surface area contributed by atoms with Crippen molar-refractivity contribution in [1.29, 1.82) is 0 Å². The third-order valence-corrected chi connectivity index (χ3v) is 7.68. The number of nitrogens with zero attached hydrogens (tertiary/aromatic N) is 2. The molecule has 0 N–H and O–H groups in total. The van der Waals surface area contributed by atoms with Gasteiger partial charge in [0.05, 0.1) is 27.5 Å². The highest BCUT2D eigenvalue weighted by molar-refractivity contribution is 7.91. The number of amides is 1. The first-order valence-corrected chi connectivity index (χ1v) is 12.3. The minimum atomic E-state index is -3.45. The normalized spacial score (nSPS) is 12.3. The van der Waals surface area contributed by atoms with Gasteiger partial charge in [-0.05, 0) is 62.2 Å². The van der Waals surface area contributed by atoms with Gasteiger partial charge in [-0.25, -0.2) is 8.42 Å². The van der Waals surface area contributed by atoms with Crippen LogP contribution in [0.5, 0.6) is 0 Å². The number of hydrogen-bond donors (Lipinski definition) is 0. The predicted molar refractivity (Wildman–Crippen MR) is 120 cm³/mol. The lowest BCUT2D eigenvalue weighted by atomic mass is 10.1. The van der Waals surface area contributed by atoms with Crippen LogP contribution in [0, 0.1) is 13.8 Å². The van der Waals surface area contributed by atoms with Gasteiger partial charge in [-0.1, -0.05) is 24.3 Å². The second-order valence-electron chi connectivity index (χ2n) is 7.03. The van der Waals surface area contributed by atoms with Gasteiger partial charge in [-0.15, -0.1) is 0 Å². The number of sulfone groups is 1. The van der Waals surface area contributed by atoms with Gasteiger partial charge in [0, 0.05) is 5.56 Å². The molecule has 0 aliphatic heterocycles. The molecule has 0 radical (unpaired) electrons. The molecule has 0 saturated heterocycles. The van der Waals surface area contributed by atoms with E-state index in [4.69, 9.17) is 4.74 Å². The molecule has 0 spiro atoms. The van der Waals surface area contributed by atoms with E-state index in [9.17, 15) is 18.0 Å². The molecule has 3 rings (SSSR count).